The summed E-state index contributed by atoms with van der Waals surface area (Å²) in [6, 6.07) is 0. The van der Waals surface area contributed by atoms with Crippen molar-refractivity contribution in [1.82, 2.24) is 5.32 Å². The van der Waals surface area contributed by atoms with Crippen molar-refractivity contribution in [2.45, 2.75) is 13.3 Å². The standard InChI is InChI=1S/C9H13NO/c1-7(9(11)10-2)8-5-3-4-6-8/h3-5,7H,6H2,1-2H3,(H,10,11). The largest absolute Gasteiger partial charge is 0.359 e. The van der Waals surface area contributed by atoms with Crippen molar-refractivity contribution in [3.05, 3.63) is 23.8 Å². The fraction of sp³-hybridized carbons (Fsp3) is 0.444. The van der Waals surface area contributed by atoms with E-state index in [0.717, 1.165) is 6.42 Å². The van der Waals surface area contributed by atoms with E-state index in [-0.39, 0.29) is 11.8 Å². The van der Waals surface area contributed by atoms with E-state index < -0.39 is 0 Å². The third-order valence-corrected chi connectivity index (χ3v) is 2.00. The predicted octanol–water partition coefficient (Wildman–Crippen LogP) is 1.25. The first-order chi connectivity index (χ1) is 5.25. The molecule has 1 aliphatic rings. The molecule has 0 aromatic rings. The van der Waals surface area contributed by atoms with Gasteiger partial charge in [0.15, 0.2) is 0 Å². The number of nitrogens with one attached hydrogen (secondary N) is 1. The lowest BCUT2D eigenvalue weighted by Gasteiger charge is -2.09. The normalized spacial score (nSPS) is 17.8. The summed E-state index contributed by atoms with van der Waals surface area (Å²) >= 11 is 0. The average Bonchev–Trinajstić information content (AvgIpc) is 2.53. The molecule has 0 aromatic heterocycles. The molecule has 1 atom stereocenters. The van der Waals surface area contributed by atoms with E-state index in [1.165, 1.54) is 5.57 Å². The van der Waals surface area contributed by atoms with Gasteiger partial charge >= 0.3 is 0 Å². The highest BCUT2D eigenvalue weighted by atomic mass is 16.1. The number of hydrogen-bond acceptors (Lipinski definition) is 1. The number of hydrogen-bond donors (Lipinski definition) is 1. The number of allylic oxidation sites excluding steroid dienone is 3. The third kappa shape index (κ3) is 1.70. The number of amides is 1. The van der Waals surface area contributed by atoms with Gasteiger partial charge in [-0.2, -0.15) is 0 Å². The molecule has 1 rings (SSSR count). The number of carbonyl (C=O) groups is 1. The van der Waals surface area contributed by atoms with Crippen LogP contribution in [0.4, 0.5) is 0 Å². The van der Waals surface area contributed by atoms with Crippen molar-refractivity contribution >= 4 is 5.91 Å². The molecule has 0 spiro atoms. The van der Waals surface area contributed by atoms with Crippen LogP contribution in [-0.2, 0) is 4.79 Å². The molecule has 11 heavy (non-hydrogen) atoms. The van der Waals surface area contributed by atoms with Gasteiger partial charge in [-0.25, -0.2) is 0 Å². The lowest BCUT2D eigenvalue weighted by Crippen LogP contribution is -2.26. The summed E-state index contributed by atoms with van der Waals surface area (Å²) in [5, 5.41) is 2.63. The highest BCUT2D eigenvalue weighted by Crippen LogP contribution is 2.19. The van der Waals surface area contributed by atoms with Crippen molar-refractivity contribution < 1.29 is 4.79 Å². The summed E-state index contributed by atoms with van der Waals surface area (Å²) in [6.45, 7) is 1.93. The molecular formula is C9H13NO. The van der Waals surface area contributed by atoms with Crippen LogP contribution in [0.5, 0.6) is 0 Å². The molecule has 0 bridgehead atoms. The minimum atomic E-state index is 0.0231. The molecule has 2 heteroatoms. The Kier molecular flexibility index (Phi) is 2.47. The summed E-state index contributed by atoms with van der Waals surface area (Å²) in [7, 11) is 1.67. The number of carbonyl (C=O) groups excluding carboxylic acids is 1. The SMILES string of the molecule is CNC(=O)C(C)C1=CC=CC1. The molecule has 1 unspecified atom stereocenters. The van der Waals surface area contributed by atoms with Gasteiger partial charge in [0.1, 0.15) is 0 Å². The van der Waals surface area contributed by atoms with Gasteiger partial charge in [0.2, 0.25) is 5.91 Å². The maximum absolute atomic E-state index is 11.1. The Morgan fingerprint density at radius 1 is 1.73 bits per heavy atom. The van der Waals surface area contributed by atoms with Crippen LogP contribution in [-0.4, -0.2) is 13.0 Å². The van der Waals surface area contributed by atoms with Crippen LogP contribution in [0, 0.1) is 5.92 Å². The van der Waals surface area contributed by atoms with E-state index in [1.54, 1.807) is 7.05 Å². The van der Waals surface area contributed by atoms with Crippen LogP contribution < -0.4 is 5.32 Å². The maximum atomic E-state index is 11.1. The topological polar surface area (TPSA) is 29.1 Å². The van der Waals surface area contributed by atoms with Crippen LogP contribution in [0.15, 0.2) is 23.8 Å². The van der Waals surface area contributed by atoms with E-state index in [4.69, 9.17) is 0 Å². The van der Waals surface area contributed by atoms with Crippen LogP contribution >= 0.6 is 0 Å². The van der Waals surface area contributed by atoms with Crippen molar-refractivity contribution in [3.63, 3.8) is 0 Å². The maximum Gasteiger partial charge on any atom is 0.226 e. The molecule has 0 saturated carbocycles. The van der Waals surface area contributed by atoms with Crippen LogP contribution in [0.3, 0.4) is 0 Å². The molecule has 0 fully saturated rings. The lowest BCUT2D eigenvalue weighted by molar-refractivity contribution is -0.122. The van der Waals surface area contributed by atoms with Crippen LogP contribution in [0.2, 0.25) is 0 Å². The Morgan fingerprint density at radius 3 is 2.91 bits per heavy atom. The first-order valence-electron chi connectivity index (χ1n) is 3.83. The molecule has 1 N–H and O–H groups in total. The fourth-order valence-electron chi connectivity index (χ4n) is 1.17. The molecule has 0 aromatic carbocycles. The third-order valence-electron chi connectivity index (χ3n) is 2.00. The molecule has 0 aliphatic heterocycles. The zero-order valence-electron chi connectivity index (χ0n) is 6.92. The monoisotopic (exact) mass is 151 g/mol. The molecule has 1 aliphatic carbocycles. The zero-order valence-corrected chi connectivity index (χ0v) is 6.92. The Bertz CT molecular complexity index is 216. The van der Waals surface area contributed by atoms with E-state index >= 15 is 0 Å². The quantitative estimate of drug-likeness (QED) is 0.632. The summed E-state index contributed by atoms with van der Waals surface area (Å²) in [6.07, 6.45) is 7.00. The Labute approximate surface area is 67.0 Å². The van der Waals surface area contributed by atoms with Gasteiger partial charge in [-0.3, -0.25) is 4.79 Å². The minimum absolute atomic E-state index is 0.0231. The second-order valence-corrected chi connectivity index (χ2v) is 2.71. The Balaban J connectivity index is 2.55. The summed E-state index contributed by atoms with van der Waals surface area (Å²) in [5.41, 5.74) is 1.20. The summed E-state index contributed by atoms with van der Waals surface area (Å²) in [4.78, 5) is 11.1. The average molecular weight is 151 g/mol. The first kappa shape index (κ1) is 8.05. The molecule has 1 amide bonds. The molecule has 0 saturated heterocycles. The highest BCUT2D eigenvalue weighted by Gasteiger charge is 2.15. The van der Waals surface area contributed by atoms with Gasteiger partial charge in [-0.05, 0) is 13.3 Å². The lowest BCUT2D eigenvalue weighted by atomic mass is 10.00. The van der Waals surface area contributed by atoms with Gasteiger partial charge in [0, 0.05) is 7.05 Å². The molecule has 2 nitrogen and oxygen atoms in total. The molecular weight excluding hydrogens is 138 g/mol. The van der Waals surface area contributed by atoms with Crippen LogP contribution in [0.1, 0.15) is 13.3 Å². The van der Waals surface area contributed by atoms with Crippen molar-refractivity contribution in [2.75, 3.05) is 7.05 Å². The van der Waals surface area contributed by atoms with Crippen LogP contribution in [0.25, 0.3) is 0 Å². The van der Waals surface area contributed by atoms with Crippen molar-refractivity contribution in [2.24, 2.45) is 5.92 Å². The zero-order chi connectivity index (χ0) is 8.27. The Morgan fingerprint density at radius 2 is 2.45 bits per heavy atom. The van der Waals surface area contributed by atoms with Gasteiger partial charge in [-0.1, -0.05) is 23.8 Å². The summed E-state index contributed by atoms with van der Waals surface area (Å²) in [5.74, 6) is 0.120. The van der Waals surface area contributed by atoms with Gasteiger partial charge < -0.3 is 5.32 Å². The van der Waals surface area contributed by atoms with E-state index in [0.29, 0.717) is 0 Å². The minimum Gasteiger partial charge on any atom is -0.359 e. The van der Waals surface area contributed by atoms with Gasteiger partial charge in [-0.15, -0.1) is 0 Å². The van der Waals surface area contributed by atoms with Gasteiger partial charge in [0.05, 0.1) is 5.92 Å². The fourth-order valence-corrected chi connectivity index (χ4v) is 1.17. The summed E-state index contributed by atoms with van der Waals surface area (Å²) < 4.78 is 0. The number of rotatable bonds is 2. The Hall–Kier alpha value is -1.05. The highest BCUT2D eigenvalue weighted by molar-refractivity contribution is 5.81. The van der Waals surface area contributed by atoms with Gasteiger partial charge in [0.25, 0.3) is 0 Å². The molecule has 0 heterocycles. The predicted molar refractivity (Wildman–Crippen MR) is 45.1 cm³/mol. The first-order valence-corrected chi connectivity index (χ1v) is 3.83. The van der Waals surface area contributed by atoms with Crippen molar-refractivity contribution in [1.29, 1.82) is 0 Å². The molecule has 0 radical (unpaired) electrons. The van der Waals surface area contributed by atoms with E-state index in [9.17, 15) is 4.79 Å². The van der Waals surface area contributed by atoms with E-state index in [2.05, 4.69) is 11.4 Å². The second-order valence-electron chi connectivity index (χ2n) is 2.71. The molecule has 60 valence electrons. The van der Waals surface area contributed by atoms with E-state index in [1.807, 2.05) is 19.1 Å². The van der Waals surface area contributed by atoms with Crippen molar-refractivity contribution in [3.8, 4) is 0 Å². The smallest absolute Gasteiger partial charge is 0.226 e. The second kappa shape index (κ2) is 3.37.